The van der Waals surface area contributed by atoms with E-state index in [4.69, 9.17) is 38.7 Å². The second kappa shape index (κ2) is 17.3. The van der Waals surface area contributed by atoms with E-state index in [2.05, 4.69) is 25.3 Å². The minimum atomic E-state index is -2.96. The van der Waals surface area contributed by atoms with Crippen molar-refractivity contribution in [3.63, 3.8) is 0 Å². The van der Waals surface area contributed by atoms with Crippen molar-refractivity contribution in [1.82, 2.24) is 30.3 Å². The number of piperazine rings is 1. The Morgan fingerprint density at radius 3 is 2.33 bits per heavy atom. The minimum Gasteiger partial charge on any atom is -0.438 e. The van der Waals surface area contributed by atoms with Crippen LogP contribution in [0.15, 0.2) is 54.4 Å². The van der Waals surface area contributed by atoms with Crippen molar-refractivity contribution < 1.29 is 17.9 Å². The van der Waals surface area contributed by atoms with E-state index in [9.17, 15) is 13.2 Å². The van der Waals surface area contributed by atoms with Gasteiger partial charge in [-0.2, -0.15) is 0 Å². The quantitative estimate of drug-likeness (QED) is 0.213. The highest BCUT2D eigenvalue weighted by Gasteiger charge is 2.21. The molecule has 0 aliphatic carbocycles. The largest absolute Gasteiger partial charge is 0.438 e. The summed E-state index contributed by atoms with van der Waals surface area (Å²) in [5, 5.41) is 6.56. The number of sulfone groups is 1. The van der Waals surface area contributed by atoms with Crippen LogP contribution in [0.5, 0.6) is 5.88 Å². The molecule has 0 radical (unpaired) electrons. The van der Waals surface area contributed by atoms with Gasteiger partial charge in [0.1, 0.15) is 15.6 Å². The number of hydrogen-bond donors (Lipinski definition) is 3. The second-order valence-electron chi connectivity index (χ2n) is 11.9. The molecule has 1 aromatic carbocycles. The van der Waals surface area contributed by atoms with Crippen molar-refractivity contribution >= 4 is 39.1 Å². The van der Waals surface area contributed by atoms with Gasteiger partial charge in [-0.15, -0.1) is 0 Å². The fourth-order valence-electron chi connectivity index (χ4n) is 5.54. The van der Waals surface area contributed by atoms with Gasteiger partial charge in [-0.25, -0.2) is 18.2 Å². The highest BCUT2D eigenvalue weighted by Crippen LogP contribution is 2.30. The van der Waals surface area contributed by atoms with Crippen molar-refractivity contribution in [3.8, 4) is 17.1 Å². The number of nitrogens with two attached hydrogens (primary N) is 1. The van der Waals surface area contributed by atoms with Gasteiger partial charge in [-0.05, 0) is 67.8 Å². The highest BCUT2D eigenvalue weighted by atomic mass is 35.5. The van der Waals surface area contributed by atoms with Gasteiger partial charge in [-0.1, -0.05) is 29.3 Å². The van der Waals surface area contributed by atoms with Gasteiger partial charge in [0, 0.05) is 93.5 Å². The number of rotatable bonds is 13. The topological polar surface area (TPSA) is 133 Å². The van der Waals surface area contributed by atoms with Gasteiger partial charge in [0.05, 0.1) is 11.4 Å². The van der Waals surface area contributed by atoms with E-state index in [-0.39, 0.29) is 11.8 Å². The summed E-state index contributed by atoms with van der Waals surface area (Å²) in [5.74, 6) is 1.51. The van der Waals surface area contributed by atoms with Crippen molar-refractivity contribution in [2.75, 3.05) is 78.0 Å². The fraction of sp³-hybridized carbons (Fsp3) is 0.500. The molecular weight excluding hydrogens is 649 g/mol. The first-order chi connectivity index (χ1) is 22.0. The zero-order valence-corrected chi connectivity index (χ0v) is 28.9. The fourth-order valence-corrected chi connectivity index (χ4v) is 6.65. The van der Waals surface area contributed by atoms with Gasteiger partial charge in [0.25, 0.3) is 0 Å². The van der Waals surface area contributed by atoms with Gasteiger partial charge in [0.2, 0.25) is 5.88 Å². The lowest BCUT2D eigenvalue weighted by atomic mass is 9.96. The van der Waals surface area contributed by atoms with Crippen LogP contribution in [0.25, 0.3) is 11.3 Å². The number of nitrogens with one attached hydrogen (secondary N) is 2. The third kappa shape index (κ3) is 12.1. The monoisotopic (exact) mass is 693 g/mol. The molecule has 2 saturated heterocycles. The molecule has 46 heavy (non-hydrogen) atoms. The van der Waals surface area contributed by atoms with Crippen molar-refractivity contribution in [2.24, 2.45) is 11.7 Å². The van der Waals surface area contributed by atoms with Gasteiger partial charge in [-0.3, -0.25) is 14.7 Å². The van der Waals surface area contributed by atoms with E-state index in [1.807, 2.05) is 36.4 Å². The first-order valence-electron chi connectivity index (χ1n) is 15.5. The number of piperidine rings is 1. The summed E-state index contributed by atoms with van der Waals surface area (Å²) >= 11 is 12.7. The number of urea groups is 1. The molecule has 11 nitrogen and oxygen atoms in total. The minimum absolute atomic E-state index is 0.150. The average molecular weight is 695 g/mol. The first kappa shape index (κ1) is 36.0. The molecule has 4 rings (SSSR count). The van der Waals surface area contributed by atoms with Crippen molar-refractivity contribution in [2.45, 2.75) is 19.4 Å². The molecule has 2 aromatic rings. The Bertz CT molecular complexity index is 1470. The normalized spacial score (nSPS) is 17.8. The van der Waals surface area contributed by atoms with Crippen LogP contribution in [-0.2, 0) is 16.4 Å². The summed E-state index contributed by atoms with van der Waals surface area (Å²) in [5.41, 5.74) is 8.47. The summed E-state index contributed by atoms with van der Waals surface area (Å²) in [4.78, 5) is 23.2. The van der Waals surface area contributed by atoms with E-state index in [1.165, 1.54) is 12.5 Å². The van der Waals surface area contributed by atoms with Crippen molar-refractivity contribution in [1.29, 1.82) is 0 Å². The molecule has 4 N–H and O–H groups in total. The average Bonchev–Trinajstić information content (AvgIpc) is 3.02. The molecule has 252 valence electrons. The molecule has 2 amide bonds. The maximum absolute atomic E-state index is 11.6. The molecule has 3 heterocycles. The van der Waals surface area contributed by atoms with Crippen LogP contribution in [0.1, 0.15) is 18.4 Å². The lowest BCUT2D eigenvalue weighted by molar-refractivity contribution is 0.148. The smallest absolute Gasteiger partial charge is 0.314 e. The Kier molecular flexibility index (Phi) is 13.6. The van der Waals surface area contributed by atoms with Gasteiger partial charge >= 0.3 is 6.03 Å². The van der Waals surface area contributed by atoms with Crippen LogP contribution >= 0.6 is 23.2 Å². The maximum atomic E-state index is 11.6. The predicted molar refractivity (Wildman–Crippen MR) is 185 cm³/mol. The SMILES string of the molecule is CNC(=O)NCC1CCN(Cc2cc(OC(/C=C\CN3CCN(CCS(C)(=O)=O)CC3)=C/N)nc(-c3cc(Cl)cc(Cl)c3)c2)CC1. The van der Waals surface area contributed by atoms with Crippen molar-refractivity contribution in [3.05, 3.63) is 70.1 Å². The number of likely N-dealkylation sites (tertiary alicyclic amines) is 1. The van der Waals surface area contributed by atoms with E-state index < -0.39 is 9.84 Å². The number of nitrogens with zero attached hydrogens (tertiary/aromatic N) is 4. The number of benzene rings is 1. The standard InChI is InChI=1S/C32H45Cl2N7O4S/c1-36-32(42)37-22-24-5-8-41(9-6-24)23-25-16-30(26-18-27(33)20-28(34)19-26)38-31(17-25)45-29(21-35)4-3-7-39-10-12-40(13-11-39)14-15-46(2,43)44/h3-4,16-21,24H,5-15,22-23,35H2,1-2H3,(H2,36,37,42)/b4-3-,29-21+. The van der Waals surface area contributed by atoms with Crippen LogP contribution in [-0.4, -0.2) is 112 Å². The lowest BCUT2D eigenvalue weighted by Gasteiger charge is -2.33. The van der Waals surface area contributed by atoms with Crippen LogP contribution in [0, 0.1) is 5.92 Å². The predicted octanol–water partition coefficient (Wildman–Crippen LogP) is 3.59. The molecule has 1 aromatic heterocycles. The summed E-state index contributed by atoms with van der Waals surface area (Å²) in [6.07, 6.45) is 8.54. The van der Waals surface area contributed by atoms with E-state index >= 15 is 0 Å². The second-order valence-corrected chi connectivity index (χ2v) is 15.0. The Morgan fingerprint density at radius 1 is 1.02 bits per heavy atom. The summed E-state index contributed by atoms with van der Waals surface area (Å²) in [6.45, 7) is 7.87. The molecule has 2 fully saturated rings. The highest BCUT2D eigenvalue weighted by molar-refractivity contribution is 7.90. The Labute approximate surface area is 282 Å². The number of hydrogen-bond acceptors (Lipinski definition) is 9. The number of pyridine rings is 1. The zero-order valence-electron chi connectivity index (χ0n) is 26.6. The van der Waals surface area contributed by atoms with E-state index in [0.717, 1.165) is 69.8 Å². The number of allylic oxidation sites excluding steroid dienone is 1. The number of ether oxygens (including phenoxy) is 1. The van der Waals surface area contributed by atoms with Crippen LogP contribution < -0.4 is 21.1 Å². The number of halogens is 2. The van der Waals surface area contributed by atoms with Gasteiger partial charge in [0.15, 0.2) is 0 Å². The van der Waals surface area contributed by atoms with Crippen LogP contribution in [0.4, 0.5) is 4.79 Å². The van der Waals surface area contributed by atoms with Crippen LogP contribution in [0.3, 0.4) is 0 Å². The van der Waals surface area contributed by atoms with Gasteiger partial charge < -0.3 is 21.1 Å². The molecular formula is C32H45Cl2N7O4S. The Hall–Kier alpha value is -2.87. The number of carbonyl (C=O) groups is 1. The molecule has 14 heteroatoms. The van der Waals surface area contributed by atoms with Crippen LogP contribution in [0.2, 0.25) is 10.0 Å². The summed E-state index contributed by atoms with van der Waals surface area (Å²) in [7, 11) is -1.34. The molecule has 0 atom stereocenters. The first-order valence-corrected chi connectivity index (χ1v) is 18.4. The number of amides is 2. The molecule has 2 aliphatic rings. The van der Waals surface area contributed by atoms with E-state index in [0.29, 0.717) is 52.9 Å². The van der Waals surface area contributed by atoms with E-state index in [1.54, 1.807) is 13.1 Å². The molecule has 0 spiro atoms. The molecule has 0 bridgehead atoms. The maximum Gasteiger partial charge on any atom is 0.314 e. The molecule has 0 saturated carbocycles. The third-order valence-electron chi connectivity index (χ3n) is 8.19. The Morgan fingerprint density at radius 2 is 1.70 bits per heavy atom. The zero-order chi connectivity index (χ0) is 33.1. The summed E-state index contributed by atoms with van der Waals surface area (Å²) in [6, 6.07) is 9.16. The Balaban J connectivity index is 1.39. The summed E-state index contributed by atoms with van der Waals surface area (Å²) < 4.78 is 29.2. The lowest BCUT2D eigenvalue weighted by Crippen LogP contribution is -2.47. The molecule has 0 unspecified atom stereocenters. The molecule has 2 aliphatic heterocycles. The number of carbonyl (C=O) groups excluding carboxylic acids is 1. The number of aromatic nitrogens is 1. The third-order valence-corrected chi connectivity index (χ3v) is 9.55.